The number of hydrogen-bond donors (Lipinski definition) is 0. The molecule has 0 fully saturated rings. The van der Waals surface area contributed by atoms with Gasteiger partial charge in [0.1, 0.15) is 11.2 Å². The maximum Gasteiger partial charge on any atom is 0.143 e. The van der Waals surface area contributed by atoms with Gasteiger partial charge in [-0.1, -0.05) is 159 Å². The quantitative estimate of drug-likeness (QED) is 0.175. The number of para-hydroxylation sites is 6. The molecule has 0 amide bonds. The fourth-order valence-corrected chi connectivity index (χ4v) is 9.90. The minimum atomic E-state index is -0.165. The van der Waals surface area contributed by atoms with E-state index < -0.39 is 0 Å². The van der Waals surface area contributed by atoms with Crippen LogP contribution in [0.1, 0.15) is 25.0 Å². The molecule has 2 aromatic heterocycles. The van der Waals surface area contributed by atoms with Gasteiger partial charge in [-0.3, -0.25) is 0 Å². The highest BCUT2D eigenvalue weighted by molar-refractivity contribution is 6.18. The predicted molar refractivity (Wildman–Crippen MR) is 243 cm³/mol. The molecule has 0 saturated heterocycles. The van der Waals surface area contributed by atoms with Crippen LogP contribution in [0.4, 0.5) is 17.1 Å². The van der Waals surface area contributed by atoms with Crippen molar-refractivity contribution in [1.82, 2.24) is 4.57 Å². The molecular formula is C55H38N2O. The largest absolute Gasteiger partial charge is 0.455 e. The van der Waals surface area contributed by atoms with E-state index in [0.29, 0.717) is 0 Å². The van der Waals surface area contributed by atoms with E-state index in [1.54, 1.807) is 0 Å². The van der Waals surface area contributed by atoms with Gasteiger partial charge >= 0.3 is 0 Å². The Bertz CT molecular complexity index is 3400. The standard InChI is InChI=1S/C55H38N2O/c1-55(2)46-24-9-5-18-38(46)39-33-31-36(34-47(39)55)56(51-28-13-14-29-52(51)57-49-26-11-6-19-40(49)41-20-7-12-27-50(41)57)48-25-10-8-21-42(48)43-22-15-23-44-45-32-30-35-16-3-4-17-37(35)53(45)58-54(43)44/h3-34H,1-2H3. The first-order valence-electron chi connectivity index (χ1n) is 20.1. The van der Waals surface area contributed by atoms with Crippen molar-refractivity contribution in [2.45, 2.75) is 19.3 Å². The highest BCUT2D eigenvalue weighted by Crippen LogP contribution is 2.52. The van der Waals surface area contributed by atoms with Gasteiger partial charge in [0.15, 0.2) is 0 Å². The van der Waals surface area contributed by atoms with Gasteiger partial charge in [0, 0.05) is 49.2 Å². The SMILES string of the molecule is CC1(C)c2ccccc2-c2ccc(N(c3ccccc3-c3cccc4c3oc3c5ccccc5ccc43)c3ccccc3-n3c4ccccc4c4ccccc43)cc21. The Balaban J connectivity index is 1.15. The van der Waals surface area contributed by atoms with Gasteiger partial charge in [-0.2, -0.15) is 0 Å². The molecule has 274 valence electrons. The van der Waals surface area contributed by atoms with Crippen LogP contribution in [0.15, 0.2) is 199 Å². The van der Waals surface area contributed by atoms with Crippen LogP contribution >= 0.6 is 0 Å². The van der Waals surface area contributed by atoms with Crippen molar-refractivity contribution in [2.24, 2.45) is 0 Å². The third-order valence-corrected chi connectivity index (χ3v) is 12.6. The lowest BCUT2D eigenvalue weighted by molar-refractivity contribution is 0.660. The number of benzene rings is 9. The number of furan rings is 1. The van der Waals surface area contributed by atoms with E-state index >= 15 is 0 Å². The summed E-state index contributed by atoms with van der Waals surface area (Å²) in [5.41, 5.74) is 15.8. The van der Waals surface area contributed by atoms with Crippen molar-refractivity contribution < 1.29 is 4.42 Å². The van der Waals surface area contributed by atoms with Crippen LogP contribution in [0, 0.1) is 0 Å². The molecule has 12 rings (SSSR count). The van der Waals surface area contributed by atoms with Crippen LogP contribution in [0.5, 0.6) is 0 Å². The number of aromatic nitrogens is 1. The molecule has 11 aromatic rings. The second-order valence-corrected chi connectivity index (χ2v) is 16.1. The van der Waals surface area contributed by atoms with Gasteiger partial charge in [0.05, 0.1) is 28.1 Å². The smallest absolute Gasteiger partial charge is 0.143 e. The highest BCUT2D eigenvalue weighted by atomic mass is 16.3. The summed E-state index contributed by atoms with van der Waals surface area (Å²) in [7, 11) is 0. The lowest BCUT2D eigenvalue weighted by atomic mass is 9.82. The summed E-state index contributed by atoms with van der Waals surface area (Å²) in [4.78, 5) is 2.48. The molecule has 0 bridgehead atoms. The van der Waals surface area contributed by atoms with Crippen molar-refractivity contribution in [3.8, 4) is 27.9 Å². The van der Waals surface area contributed by atoms with E-state index in [2.05, 4.69) is 217 Å². The first-order chi connectivity index (χ1) is 28.6. The zero-order chi connectivity index (χ0) is 38.5. The summed E-state index contributed by atoms with van der Waals surface area (Å²) in [5, 5.41) is 7.01. The van der Waals surface area contributed by atoms with E-state index in [0.717, 1.165) is 61.2 Å². The molecule has 58 heavy (non-hydrogen) atoms. The third kappa shape index (κ3) is 4.62. The lowest BCUT2D eigenvalue weighted by Crippen LogP contribution is -2.17. The number of fused-ring (bicyclic) bond motifs is 11. The number of hydrogen-bond acceptors (Lipinski definition) is 2. The predicted octanol–water partition coefficient (Wildman–Crippen LogP) is 15.3. The Kier molecular flexibility index (Phi) is 6.98. The first-order valence-corrected chi connectivity index (χ1v) is 20.1. The molecular weight excluding hydrogens is 705 g/mol. The molecule has 1 aliphatic rings. The molecule has 2 heterocycles. The van der Waals surface area contributed by atoms with Crippen LogP contribution in [-0.2, 0) is 5.41 Å². The molecule has 1 aliphatic carbocycles. The van der Waals surface area contributed by atoms with Crippen molar-refractivity contribution in [2.75, 3.05) is 4.90 Å². The van der Waals surface area contributed by atoms with Crippen molar-refractivity contribution in [1.29, 1.82) is 0 Å². The van der Waals surface area contributed by atoms with Gasteiger partial charge in [-0.25, -0.2) is 0 Å². The average Bonchev–Trinajstić information content (AvgIpc) is 3.90. The van der Waals surface area contributed by atoms with E-state index in [-0.39, 0.29) is 5.41 Å². The fraction of sp³-hybridized carbons (Fsp3) is 0.0545. The molecule has 3 nitrogen and oxygen atoms in total. The van der Waals surface area contributed by atoms with E-state index in [4.69, 9.17) is 4.42 Å². The number of anilines is 3. The minimum Gasteiger partial charge on any atom is -0.455 e. The molecule has 3 heteroatoms. The second kappa shape index (κ2) is 12.3. The Hall–Kier alpha value is -7.36. The van der Waals surface area contributed by atoms with Crippen molar-refractivity contribution in [3.05, 3.63) is 205 Å². The normalized spacial score (nSPS) is 13.1. The molecule has 0 spiro atoms. The number of nitrogens with zero attached hydrogens (tertiary/aromatic N) is 2. The molecule has 9 aromatic carbocycles. The van der Waals surface area contributed by atoms with Crippen molar-refractivity contribution >= 4 is 71.6 Å². The molecule has 0 aliphatic heterocycles. The van der Waals surface area contributed by atoms with Gasteiger partial charge in [-0.15, -0.1) is 0 Å². The second-order valence-electron chi connectivity index (χ2n) is 16.1. The first kappa shape index (κ1) is 32.8. The van der Waals surface area contributed by atoms with Crippen LogP contribution in [-0.4, -0.2) is 4.57 Å². The molecule has 0 radical (unpaired) electrons. The lowest BCUT2D eigenvalue weighted by Gasteiger charge is -2.31. The summed E-state index contributed by atoms with van der Waals surface area (Å²) in [5.74, 6) is 0. The number of rotatable bonds is 5. The van der Waals surface area contributed by atoms with Crippen molar-refractivity contribution in [3.63, 3.8) is 0 Å². The monoisotopic (exact) mass is 742 g/mol. The van der Waals surface area contributed by atoms with Crippen LogP contribution in [0.2, 0.25) is 0 Å². The van der Waals surface area contributed by atoms with Crippen LogP contribution in [0.3, 0.4) is 0 Å². The Labute approximate surface area is 336 Å². The fourth-order valence-electron chi connectivity index (χ4n) is 9.90. The molecule has 0 saturated carbocycles. The molecule has 0 atom stereocenters. The topological polar surface area (TPSA) is 21.3 Å². The molecule has 0 unspecified atom stereocenters. The Morgan fingerprint density at radius 3 is 1.81 bits per heavy atom. The summed E-state index contributed by atoms with van der Waals surface area (Å²) in [6.07, 6.45) is 0. The van der Waals surface area contributed by atoms with Gasteiger partial charge in [0.25, 0.3) is 0 Å². The zero-order valence-electron chi connectivity index (χ0n) is 32.3. The van der Waals surface area contributed by atoms with Crippen LogP contribution in [0.25, 0.3) is 82.5 Å². The third-order valence-electron chi connectivity index (χ3n) is 12.6. The summed E-state index contributed by atoms with van der Waals surface area (Å²) >= 11 is 0. The highest BCUT2D eigenvalue weighted by Gasteiger charge is 2.36. The Morgan fingerprint density at radius 1 is 0.414 bits per heavy atom. The summed E-state index contributed by atoms with van der Waals surface area (Å²) < 4.78 is 9.42. The summed E-state index contributed by atoms with van der Waals surface area (Å²) in [6.45, 7) is 4.72. The van der Waals surface area contributed by atoms with E-state index in [1.807, 2.05) is 0 Å². The van der Waals surface area contributed by atoms with Crippen LogP contribution < -0.4 is 4.90 Å². The maximum absolute atomic E-state index is 6.98. The zero-order valence-corrected chi connectivity index (χ0v) is 32.3. The van der Waals surface area contributed by atoms with Gasteiger partial charge in [0.2, 0.25) is 0 Å². The maximum atomic E-state index is 6.98. The van der Waals surface area contributed by atoms with Gasteiger partial charge in [-0.05, 0) is 76.2 Å². The van der Waals surface area contributed by atoms with E-state index in [1.165, 1.54) is 49.4 Å². The minimum absolute atomic E-state index is 0.165. The average molecular weight is 743 g/mol. The molecule has 0 N–H and O–H groups in total. The van der Waals surface area contributed by atoms with E-state index in [9.17, 15) is 0 Å². The van der Waals surface area contributed by atoms with Gasteiger partial charge < -0.3 is 13.9 Å². The summed E-state index contributed by atoms with van der Waals surface area (Å²) in [6, 6.07) is 70.6. The Morgan fingerprint density at radius 2 is 1.00 bits per heavy atom.